The minimum Gasteiger partial charge on any atom is -0.390 e. The number of hydrogen-bond donors (Lipinski definition) is 1. The van der Waals surface area contributed by atoms with Gasteiger partial charge >= 0.3 is 0 Å². The van der Waals surface area contributed by atoms with E-state index in [0.29, 0.717) is 5.82 Å². The second kappa shape index (κ2) is 4.33. The molecule has 1 aromatic heterocycles. The molecular weight excluding hydrogens is 214 g/mol. The Morgan fingerprint density at radius 3 is 2.69 bits per heavy atom. The number of pyridine rings is 1. The van der Waals surface area contributed by atoms with Crippen molar-refractivity contribution in [2.24, 2.45) is 0 Å². The summed E-state index contributed by atoms with van der Waals surface area (Å²) in [5.41, 5.74) is -0.181. The SMILES string of the molecule is OCC(F)(F)c1cccnc1N1CCCC1. The molecular formula is C11H14F2N2O. The molecule has 3 nitrogen and oxygen atoms in total. The monoisotopic (exact) mass is 228 g/mol. The quantitative estimate of drug-likeness (QED) is 0.856. The van der Waals surface area contributed by atoms with Crippen LogP contribution in [-0.2, 0) is 5.92 Å². The van der Waals surface area contributed by atoms with E-state index in [1.165, 1.54) is 18.3 Å². The Bertz CT molecular complexity index is 365. The van der Waals surface area contributed by atoms with Crippen LogP contribution in [0.25, 0.3) is 0 Å². The second-order valence-corrected chi connectivity index (χ2v) is 3.93. The molecule has 0 atom stereocenters. The molecule has 0 spiro atoms. The van der Waals surface area contributed by atoms with E-state index in [-0.39, 0.29) is 5.56 Å². The lowest BCUT2D eigenvalue weighted by Crippen LogP contribution is -2.26. The molecule has 1 aromatic rings. The molecule has 0 unspecified atom stereocenters. The van der Waals surface area contributed by atoms with E-state index in [2.05, 4.69) is 4.98 Å². The molecule has 2 heterocycles. The van der Waals surface area contributed by atoms with Gasteiger partial charge in [0.2, 0.25) is 0 Å². The number of nitrogens with zero attached hydrogens (tertiary/aromatic N) is 2. The molecule has 2 rings (SSSR count). The molecule has 1 saturated heterocycles. The molecule has 1 fully saturated rings. The largest absolute Gasteiger partial charge is 0.390 e. The van der Waals surface area contributed by atoms with E-state index >= 15 is 0 Å². The molecule has 0 amide bonds. The highest BCUT2D eigenvalue weighted by Gasteiger charge is 2.35. The summed E-state index contributed by atoms with van der Waals surface area (Å²) in [4.78, 5) is 5.86. The first-order valence-corrected chi connectivity index (χ1v) is 5.34. The van der Waals surface area contributed by atoms with Crippen LogP contribution in [-0.4, -0.2) is 29.8 Å². The molecule has 5 heteroatoms. The topological polar surface area (TPSA) is 36.4 Å². The summed E-state index contributed by atoms with van der Waals surface area (Å²) in [5.74, 6) is -2.91. The van der Waals surface area contributed by atoms with Gasteiger partial charge in [-0.2, -0.15) is 8.78 Å². The van der Waals surface area contributed by atoms with Crippen molar-refractivity contribution < 1.29 is 13.9 Å². The first-order valence-electron chi connectivity index (χ1n) is 5.34. The van der Waals surface area contributed by atoms with Crippen LogP contribution in [0.3, 0.4) is 0 Å². The number of aromatic nitrogens is 1. The van der Waals surface area contributed by atoms with Crippen LogP contribution in [0.4, 0.5) is 14.6 Å². The average molecular weight is 228 g/mol. The third kappa shape index (κ3) is 2.00. The number of rotatable bonds is 3. The van der Waals surface area contributed by atoms with Gasteiger partial charge in [-0.1, -0.05) is 0 Å². The first-order chi connectivity index (χ1) is 7.65. The maximum atomic E-state index is 13.5. The van der Waals surface area contributed by atoms with Gasteiger partial charge in [-0.15, -0.1) is 0 Å². The van der Waals surface area contributed by atoms with Crippen LogP contribution < -0.4 is 4.90 Å². The Morgan fingerprint density at radius 2 is 2.06 bits per heavy atom. The van der Waals surface area contributed by atoms with Crippen molar-refractivity contribution >= 4 is 5.82 Å². The highest BCUT2D eigenvalue weighted by Crippen LogP contribution is 2.34. The summed E-state index contributed by atoms with van der Waals surface area (Å²) < 4.78 is 27.0. The van der Waals surface area contributed by atoms with Gasteiger partial charge in [-0.25, -0.2) is 4.98 Å². The van der Waals surface area contributed by atoms with Crippen LogP contribution in [0.5, 0.6) is 0 Å². The average Bonchev–Trinajstić information content (AvgIpc) is 2.82. The van der Waals surface area contributed by atoms with Crippen LogP contribution >= 0.6 is 0 Å². The molecule has 0 radical (unpaired) electrons. The van der Waals surface area contributed by atoms with E-state index in [1.807, 2.05) is 4.90 Å². The molecule has 88 valence electrons. The standard InChI is InChI=1S/C11H14F2N2O/c12-11(13,8-16)9-4-3-5-14-10(9)15-6-1-2-7-15/h3-5,16H,1-2,6-8H2. The van der Waals surface area contributed by atoms with Gasteiger partial charge in [-0.3, -0.25) is 0 Å². The second-order valence-electron chi connectivity index (χ2n) is 3.93. The summed E-state index contributed by atoms with van der Waals surface area (Å²) >= 11 is 0. The third-order valence-electron chi connectivity index (χ3n) is 2.78. The highest BCUT2D eigenvalue weighted by atomic mass is 19.3. The molecule has 0 saturated carbocycles. The highest BCUT2D eigenvalue weighted by molar-refractivity contribution is 5.49. The molecule has 0 bridgehead atoms. The van der Waals surface area contributed by atoms with E-state index < -0.39 is 12.5 Å². The van der Waals surface area contributed by atoms with Crippen molar-refractivity contribution in [3.63, 3.8) is 0 Å². The minimum atomic E-state index is -3.22. The van der Waals surface area contributed by atoms with Crippen LogP contribution in [0, 0.1) is 0 Å². The zero-order valence-corrected chi connectivity index (χ0v) is 8.87. The van der Waals surface area contributed by atoms with E-state index in [0.717, 1.165) is 25.9 Å². The maximum absolute atomic E-state index is 13.5. The summed E-state index contributed by atoms with van der Waals surface area (Å²) in [6, 6.07) is 2.80. The number of aliphatic hydroxyl groups is 1. The third-order valence-corrected chi connectivity index (χ3v) is 2.78. The molecule has 0 aromatic carbocycles. The lowest BCUT2D eigenvalue weighted by Gasteiger charge is -2.23. The minimum absolute atomic E-state index is 0.181. The lowest BCUT2D eigenvalue weighted by molar-refractivity contribution is -0.0554. The zero-order chi connectivity index (χ0) is 11.6. The van der Waals surface area contributed by atoms with Crippen molar-refractivity contribution in [2.75, 3.05) is 24.6 Å². The summed E-state index contributed by atoms with van der Waals surface area (Å²) in [7, 11) is 0. The predicted octanol–water partition coefficient (Wildman–Crippen LogP) is 1.77. The van der Waals surface area contributed by atoms with Gasteiger partial charge in [0, 0.05) is 19.3 Å². The van der Waals surface area contributed by atoms with Gasteiger partial charge in [0.1, 0.15) is 12.4 Å². The number of hydrogen-bond acceptors (Lipinski definition) is 3. The molecule has 16 heavy (non-hydrogen) atoms. The van der Waals surface area contributed by atoms with Gasteiger partial charge in [-0.05, 0) is 25.0 Å². The first kappa shape index (κ1) is 11.3. The summed E-state index contributed by atoms with van der Waals surface area (Å²) in [6.45, 7) is 0.330. The Hall–Kier alpha value is -1.23. The van der Waals surface area contributed by atoms with Crippen molar-refractivity contribution in [1.82, 2.24) is 4.98 Å². The number of anilines is 1. The van der Waals surface area contributed by atoms with E-state index in [9.17, 15) is 8.78 Å². The van der Waals surface area contributed by atoms with Gasteiger partial charge in [0.25, 0.3) is 5.92 Å². The van der Waals surface area contributed by atoms with Crippen molar-refractivity contribution in [2.45, 2.75) is 18.8 Å². The van der Waals surface area contributed by atoms with Crippen LogP contribution in [0.2, 0.25) is 0 Å². The lowest BCUT2D eigenvalue weighted by atomic mass is 10.1. The maximum Gasteiger partial charge on any atom is 0.299 e. The molecule has 1 N–H and O–H groups in total. The molecule has 1 aliphatic heterocycles. The molecule has 1 aliphatic rings. The number of aliphatic hydroxyl groups excluding tert-OH is 1. The fraction of sp³-hybridized carbons (Fsp3) is 0.545. The van der Waals surface area contributed by atoms with E-state index in [4.69, 9.17) is 5.11 Å². The fourth-order valence-corrected chi connectivity index (χ4v) is 1.95. The van der Waals surface area contributed by atoms with Gasteiger partial charge in [0.05, 0.1) is 5.56 Å². The number of halogens is 2. The van der Waals surface area contributed by atoms with Gasteiger partial charge in [0.15, 0.2) is 0 Å². The van der Waals surface area contributed by atoms with E-state index in [1.54, 1.807) is 0 Å². The van der Waals surface area contributed by atoms with Crippen molar-refractivity contribution in [1.29, 1.82) is 0 Å². The van der Waals surface area contributed by atoms with Crippen molar-refractivity contribution in [3.05, 3.63) is 23.9 Å². The normalized spacial score (nSPS) is 16.8. The molecule has 0 aliphatic carbocycles. The van der Waals surface area contributed by atoms with Crippen molar-refractivity contribution in [3.8, 4) is 0 Å². The Kier molecular flexibility index (Phi) is 3.05. The summed E-state index contributed by atoms with van der Waals surface area (Å²) in [6.07, 6.45) is 3.51. The summed E-state index contributed by atoms with van der Waals surface area (Å²) in [5, 5.41) is 8.72. The predicted molar refractivity (Wildman–Crippen MR) is 56.7 cm³/mol. The Labute approximate surface area is 92.7 Å². The van der Waals surface area contributed by atoms with Crippen LogP contribution in [0.1, 0.15) is 18.4 Å². The van der Waals surface area contributed by atoms with Crippen LogP contribution in [0.15, 0.2) is 18.3 Å². The Morgan fingerprint density at radius 1 is 1.38 bits per heavy atom. The zero-order valence-electron chi connectivity index (χ0n) is 8.87. The smallest absolute Gasteiger partial charge is 0.299 e. The fourth-order valence-electron chi connectivity index (χ4n) is 1.95. The number of alkyl halides is 2. The Balaban J connectivity index is 2.37. The van der Waals surface area contributed by atoms with Gasteiger partial charge < -0.3 is 10.0 Å².